The van der Waals surface area contributed by atoms with Crippen LogP contribution in [0.2, 0.25) is 0 Å². The first-order chi connectivity index (χ1) is 12.6. The van der Waals surface area contributed by atoms with Crippen LogP contribution in [-0.4, -0.2) is 43.7 Å². The lowest BCUT2D eigenvalue weighted by molar-refractivity contribution is -0.133. The number of nitrogens with zero attached hydrogens (tertiary/aromatic N) is 1. The van der Waals surface area contributed by atoms with E-state index in [1.807, 2.05) is 18.2 Å². The Morgan fingerprint density at radius 3 is 2.63 bits per heavy atom. The van der Waals surface area contributed by atoms with E-state index in [4.69, 9.17) is 15.2 Å². The zero-order valence-electron chi connectivity index (χ0n) is 15.2. The average Bonchev–Trinajstić information content (AvgIpc) is 3.28. The molecular formula is C19H26ClN3O4. The summed E-state index contributed by atoms with van der Waals surface area (Å²) in [4.78, 5) is 27.2. The predicted molar refractivity (Wildman–Crippen MR) is 104 cm³/mol. The molecule has 1 aliphatic carbocycles. The van der Waals surface area contributed by atoms with E-state index in [9.17, 15) is 9.59 Å². The summed E-state index contributed by atoms with van der Waals surface area (Å²) in [6.45, 7) is 1.97. The minimum atomic E-state index is -0.646. The second kappa shape index (κ2) is 7.94. The maximum absolute atomic E-state index is 12.8. The van der Waals surface area contributed by atoms with Gasteiger partial charge in [-0.05, 0) is 31.4 Å². The standard InChI is InChI=1S/C19H25N3O4.ClH/c20-12-19(6-1-2-7-19)21-17(23)14-5-8-22(18(14)24)13-3-4-15-16(11-13)26-10-9-25-15;/h3-4,11,14H,1-2,5-10,12,20H2,(H,21,23);1H. The van der Waals surface area contributed by atoms with Gasteiger partial charge in [0.1, 0.15) is 19.1 Å². The van der Waals surface area contributed by atoms with E-state index in [-0.39, 0.29) is 29.8 Å². The third kappa shape index (κ3) is 3.71. The van der Waals surface area contributed by atoms with E-state index < -0.39 is 5.92 Å². The van der Waals surface area contributed by atoms with E-state index in [2.05, 4.69) is 5.32 Å². The minimum absolute atomic E-state index is 0. The van der Waals surface area contributed by atoms with Gasteiger partial charge in [-0.25, -0.2) is 0 Å². The quantitative estimate of drug-likeness (QED) is 0.755. The van der Waals surface area contributed by atoms with Gasteiger partial charge in [0, 0.05) is 24.8 Å². The lowest BCUT2D eigenvalue weighted by atomic mass is 9.96. The largest absolute Gasteiger partial charge is 0.486 e. The van der Waals surface area contributed by atoms with Crippen molar-refractivity contribution in [1.82, 2.24) is 5.32 Å². The van der Waals surface area contributed by atoms with Crippen LogP contribution < -0.4 is 25.4 Å². The number of nitrogens with one attached hydrogen (secondary N) is 1. The summed E-state index contributed by atoms with van der Waals surface area (Å²) >= 11 is 0. The summed E-state index contributed by atoms with van der Waals surface area (Å²) in [7, 11) is 0. The van der Waals surface area contributed by atoms with Gasteiger partial charge < -0.3 is 25.4 Å². The Morgan fingerprint density at radius 2 is 1.93 bits per heavy atom. The number of amides is 2. The molecule has 7 nitrogen and oxygen atoms in total. The van der Waals surface area contributed by atoms with Crippen molar-refractivity contribution < 1.29 is 19.1 Å². The van der Waals surface area contributed by atoms with Crippen molar-refractivity contribution in [2.75, 3.05) is 31.2 Å². The van der Waals surface area contributed by atoms with Gasteiger partial charge in [0.2, 0.25) is 11.8 Å². The molecule has 3 aliphatic rings. The Morgan fingerprint density at radius 1 is 1.22 bits per heavy atom. The maximum Gasteiger partial charge on any atom is 0.239 e. The highest BCUT2D eigenvalue weighted by Gasteiger charge is 2.42. The van der Waals surface area contributed by atoms with Crippen molar-refractivity contribution in [3.05, 3.63) is 18.2 Å². The van der Waals surface area contributed by atoms with E-state index in [0.29, 0.717) is 44.2 Å². The smallest absolute Gasteiger partial charge is 0.239 e. The highest BCUT2D eigenvalue weighted by Crippen LogP contribution is 2.36. The first kappa shape index (κ1) is 19.8. The van der Waals surface area contributed by atoms with Crippen LogP contribution in [0.25, 0.3) is 0 Å². The number of carbonyl (C=O) groups excluding carboxylic acids is 2. The number of rotatable bonds is 4. The van der Waals surface area contributed by atoms with Gasteiger partial charge >= 0.3 is 0 Å². The van der Waals surface area contributed by atoms with Gasteiger partial charge in [0.05, 0.1) is 5.54 Å². The number of hydrogen-bond donors (Lipinski definition) is 2. The van der Waals surface area contributed by atoms with Crippen LogP contribution in [0.4, 0.5) is 5.69 Å². The van der Waals surface area contributed by atoms with Crippen molar-refractivity contribution in [3.8, 4) is 11.5 Å². The molecule has 4 rings (SSSR count). The maximum atomic E-state index is 12.8. The molecular weight excluding hydrogens is 370 g/mol. The molecule has 2 heterocycles. The van der Waals surface area contributed by atoms with Crippen LogP contribution in [0.5, 0.6) is 11.5 Å². The predicted octanol–water partition coefficient (Wildman–Crippen LogP) is 1.62. The monoisotopic (exact) mass is 395 g/mol. The SMILES string of the molecule is Cl.NCC1(NC(=O)C2CCN(c3ccc4c(c3)OCCO4)C2=O)CCCC1. The molecule has 27 heavy (non-hydrogen) atoms. The molecule has 0 spiro atoms. The number of carbonyl (C=O) groups is 2. The summed E-state index contributed by atoms with van der Waals surface area (Å²) in [5, 5.41) is 3.08. The third-order valence-electron chi connectivity index (χ3n) is 5.70. The van der Waals surface area contributed by atoms with Crippen molar-refractivity contribution >= 4 is 29.9 Å². The Hall–Kier alpha value is -1.99. The number of anilines is 1. The molecule has 2 amide bonds. The van der Waals surface area contributed by atoms with Crippen LogP contribution in [0, 0.1) is 5.92 Å². The lowest BCUT2D eigenvalue weighted by Crippen LogP contribution is -2.54. The lowest BCUT2D eigenvalue weighted by Gasteiger charge is -2.30. The summed E-state index contributed by atoms with van der Waals surface area (Å²) in [6.07, 6.45) is 4.43. The van der Waals surface area contributed by atoms with Crippen molar-refractivity contribution in [1.29, 1.82) is 0 Å². The molecule has 0 aromatic heterocycles. The molecule has 1 saturated carbocycles. The van der Waals surface area contributed by atoms with Gasteiger partial charge in [0.15, 0.2) is 11.5 Å². The van der Waals surface area contributed by atoms with E-state index in [0.717, 1.165) is 31.4 Å². The molecule has 1 atom stereocenters. The van der Waals surface area contributed by atoms with Crippen LogP contribution in [-0.2, 0) is 9.59 Å². The van der Waals surface area contributed by atoms with Crippen molar-refractivity contribution in [2.45, 2.75) is 37.6 Å². The van der Waals surface area contributed by atoms with Gasteiger partial charge in [-0.15, -0.1) is 12.4 Å². The number of benzene rings is 1. The molecule has 1 unspecified atom stereocenters. The Balaban J connectivity index is 0.00000210. The molecule has 1 saturated heterocycles. The average molecular weight is 396 g/mol. The van der Waals surface area contributed by atoms with Gasteiger partial charge in [-0.2, -0.15) is 0 Å². The van der Waals surface area contributed by atoms with Gasteiger partial charge in [-0.3, -0.25) is 9.59 Å². The zero-order chi connectivity index (χ0) is 18.1. The van der Waals surface area contributed by atoms with E-state index in [1.54, 1.807) is 4.90 Å². The first-order valence-corrected chi connectivity index (χ1v) is 9.35. The second-order valence-corrected chi connectivity index (χ2v) is 7.34. The third-order valence-corrected chi connectivity index (χ3v) is 5.70. The zero-order valence-corrected chi connectivity index (χ0v) is 16.1. The van der Waals surface area contributed by atoms with E-state index >= 15 is 0 Å². The van der Waals surface area contributed by atoms with E-state index in [1.165, 1.54) is 0 Å². The number of hydrogen-bond acceptors (Lipinski definition) is 5. The Bertz CT molecular complexity index is 721. The molecule has 1 aromatic carbocycles. The molecule has 0 radical (unpaired) electrons. The molecule has 148 valence electrons. The fourth-order valence-electron chi connectivity index (χ4n) is 4.16. The summed E-state index contributed by atoms with van der Waals surface area (Å²) < 4.78 is 11.1. The normalized spacial score (nSPS) is 23.1. The number of halogens is 1. The van der Waals surface area contributed by atoms with Crippen LogP contribution in [0.1, 0.15) is 32.1 Å². The van der Waals surface area contributed by atoms with Crippen molar-refractivity contribution in [2.24, 2.45) is 11.7 Å². The molecule has 2 aliphatic heterocycles. The van der Waals surface area contributed by atoms with Crippen molar-refractivity contribution in [3.63, 3.8) is 0 Å². The Kier molecular flexibility index (Phi) is 5.81. The Labute approximate surface area is 165 Å². The topological polar surface area (TPSA) is 93.9 Å². The number of ether oxygens (including phenoxy) is 2. The molecule has 8 heteroatoms. The summed E-state index contributed by atoms with van der Waals surface area (Å²) in [5.41, 5.74) is 6.31. The highest BCUT2D eigenvalue weighted by molar-refractivity contribution is 6.09. The molecule has 3 N–H and O–H groups in total. The van der Waals surface area contributed by atoms with Gasteiger partial charge in [-0.1, -0.05) is 12.8 Å². The van der Waals surface area contributed by atoms with Crippen LogP contribution in [0.15, 0.2) is 18.2 Å². The van der Waals surface area contributed by atoms with Crippen LogP contribution in [0.3, 0.4) is 0 Å². The van der Waals surface area contributed by atoms with Gasteiger partial charge in [0.25, 0.3) is 0 Å². The fraction of sp³-hybridized carbons (Fsp3) is 0.579. The molecule has 2 fully saturated rings. The fourth-order valence-corrected chi connectivity index (χ4v) is 4.16. The molecule has 0 bridgehead atoms. The highest BCUT2D eigenvalue weighted by atomic mass is 35.5. The van der Waals surface area contributed by atoms with Crippen LogP contribution >= 0.6 is 12.4 Å². The number of fused-ring (bicyclic) bond motifs is 1. The number of nitrogens with two attached hydrogens (primary N) is 1. The second-order valence-electron chi connectivity index (χ2n) is 7.34. The summed E-state index contributed by atoms with van der Waals surface area (Å²) in [5.74, 6) is 0.327. The first-order valence-electron chi connectivity index (χ1n) is 9.35. The summed E-state index contributed by atoms with van der Waals surface area (Å²) in [6, 6.07) is 5.46. The molecule has 1 aromatic rings. The minimum Gasteiger partial charge on any atom is -0.486 e.